The predicted molar refractivity (Wildman–Crippen MR) is 51.6 cm³/mol. The van der Waals surface area contributed by atoms with Crippen molar-refractivity contribution in [3.8, 4) is 0 Å². The van der Waals surface area contributed by atoms with E-state index >= 15 is 0 Å². The van der Waals surface area contributed by atoms with E-state index in [4.69, 9.17) is 9.84 Å². The first-order valence-corrected chi connectivity index (χ1v) is 4.82. The summed E-state index contributed by atoms with van der Waals surface area (Å²) in [7, 11) is 0. The van der Waals surface area contributed by atoms with Gasteiger partial charge in [-0.1, -0.05) is 6.07 Å². The number of aliphatic hydroxyl groups excluding tert-OH is 3. The second-order valence-corrected chi connectivity index (χ2v) is 3.55. The van der Waals surface area contributed by atoms with Crippen molar-refractivity contribution in [2.45, 2.75) is 24.5 Å². The molecule has 1 saturated heterocycles. The molecule has 0 unspecified atom stereocenters. The molecule has 0 aliphatic carbocycles. The van der Waals surface area contributed by atoms with E-state index in [9.17, 15) is 10.2 Å². The Kier molecular flexibility index (Phi) is 4.34. The van der Waals surface area contributed by atoms with Crippen LogP contribution in [0.4, 0.5) is 0 Å². The molecular weight excluding hydrogens is 214 g/mol. The summed E-state index contributed by atoms with van der Waals surface area (Å²) in [6.07, 6.45) is 0.0408. The topological polar surface area (TPSA) is 104 Å². The fourth-order valence-corrected chi connectivity index (χ4v) is 1.71. The maximum Gasteiger partial charge on any atom is 0.292 e. The number of aromatic nitrogens is 1. The number of hydrogen-bond acceptors (Lipinski definition) is 5. The lowest BCUT2D eigenvalue weighted by Gasteiger charge is -2.09. The lowest BCUT2D eigenvalue weighted by atomic mass is 10.1. The molecule has 90 valence electrons. The molecule has 6 heteroatoms. The zero-order chi connectivity index (χ0) is 10.8. The number of hydrogen-bond donors (Lipinski definition) is 3. The Morgan fingerprint density at radius 3 is 2.19 bits per heavy atom. The molecule has 1 fully saturated rings. The van der Waals surface area contributed by atoms with Gasteiger partial charge in [0.15, 0.2) is 18.5 Å². The van der Waals surface area contributed by atoms with Gasteiger partial charge in [-0.15, -0.1) is 0 Å². The van der Waals surface area contributed by atoms with Crippen LogP contribution in [0, 0.1) is 0 Å². The van der Waals surface area contributed by atoms with E-state index in [-0.39, 0.29) is 12.1 Å². The second kappa shape index (κ2) is 5.33. The first-order chi connectivity index (χ1) is 7.24. The molecule has 0 bridgehead atoms. The quantitative estimate of drug-likeness (QED) is 0.530. The molecule has 4 atom stereocenters. The average molecular weight is 229 g/mol. The van der Waals surface area contributed by atoms with E-state index in [0.717, 1.165) is 0 Å². The third-order valence-electron chi connectivity index (χ3n) is 2.55. The van der Waals surface area contributed by atoms with E-state index in [0.29, 0.717) is 0 Å². The number of ether oxygens (including phenoxy) is 1. The van der Waals surface area contributed by atoms with Gasteiger partial charge >= 0.3 is 0 Å². The normalized spacial score (nSPS) is 33.4. The summed E-state index contributed by atoms with van der Waals surface area (Å²) in [6, 6.07) is 5.45. The van der Waals surface area contributed by atoms with E-state index in [2.05, 4.69) is 0 Å². The van der Waals surface area contributed by atoms with Gasteiger partial charge in [0.1, 0.15) is 12.2 Å². The highest BCUT2D eigenvalue weighted by Crippen LogP contribution is 2.24. The van der Waals surface area contributed by atoms with Crippen LogP contribution in [0.3, 0.4) is 0 Å². The Labute approximate surface area is 92.7 Å². The van der Waals surface area contributed by atoms with Crippen molar-refractivity contribution in [1.82, 2.24) is 0 Å². The Morgan fingerprint density at radius 1 is 1.06 bits per heavy atom. The molecule has 0 radical (unpaired) electrons. The molecule has 0 spiro atoms. The lowest BCUT2D eigenvalue weighted by molar-refractivity contribution is -0.765. The molecule has 1 aromatic rings. The Hall–Kier alpha value is -1.05. The van der Waals surface area contributed by atoms with Crippen LogP contribution in [-0.2, 0) is 4.74 Å². The minimum absolute atomic E-state index is 0. The molecule has 4 N–H and O–H groups in total. The van der Waals surface area contributed by atoms with Gasteiger partial charge in [-0.25, -0.2) is 0 Å². The standard InChI is InChI=1S/C10H14NO4.H2O/c12-6-7-8(13)9(14)10(15-7)11-4-2-1-3-5-11;/h1-5,7-10,12-14H,6H2;1H2/q+1;/p-1/t7-,8-,9-,10-;/m1./s1. The summed E-state index contributed by atoms with van der Waals surface area (Å²) in [4.78, 5) is 0. The molecule has 6 nitrogen and oxygen atoms in total. The monoisotopic (exact) mass is 229 g/mol. The summed E-state index contributed by atoms with van der Waals surface area (Å²) in [6.45, 7) is -0.303. The van der Waals surface area contributed by atoms with Crippen molar-refractivity contribution in [1.29, 1.82) is 0 Å². The van der Waals surface area contributed by atoms with Gasteiger partial charge in [-0.3, -0.25) is 0 Å². The minimum Gasteiger partial charge on any atom is -0.870 e. The number of rotatable bonds is 2. The molecule has 1 aliphatic rings. The Bertz CT molecular complexity index is 320. The number of nitrogens with zero attached hydrogens (tertiary/aromatic N) is 1. The highest BCUT2D eigenvalue weighted by molar-refractivity contribution is 4.87. The van der Waals surface area contributed by atoms with Crippen molar-refractivity contribution in [3.63, 3.8) is 0 Å². The highest BCUT2D eigenvalue weighted by Gasteiger charge is 2.47. The zero-order valence-electron chi connectivity index (χ0n) is 8.55. The molecule has 0 saturated carbocycles. The van der Waals surface area contributed by atoms with E-state index < -0.39 is 24.5 Å². The fraction of sp³-hybridized carbons (Fsp3) is 0.500. The molecular formula is C10H15NO5. The summed E-state index contributed by atoms with van der Waals surface area (Å²) < 4.78 is 6.99. The van der Waals surface area contributed by atoms with Crippen LogP contribution < -0.4 is 4.57 Å². The van der Waals surface area contributed by atoms with Gasteiger partial charge < -0.3 is 25.5 Å². The number of aliphatic hydroxyl groups is 3. The minimum atomic E-state index is -1.05. The Balaban J connectivity index is 0.00000128. The summed E-state index contributed by atoms with van der Waals surface area (Å²) >= 11 is 0. The van der Waals surface area contributed by atoms with E-state index in [1.54, 1.807) is 29.1 Å². The van der Waals surface area contributed by atoms with Gasteiger partial charge in [-0.05, 0) is 0 Å². The maximum absolute atomic E-state index is 9.71. The predicted octanol–water partition coefficient (Wildman–Crippen LogP) is -1.59. The van der Waals surface area contributed by atoms with Crippen LogP contribution in [0.5, 0.6) is 0 Å². The van der Waals surface area contributed by atoms with Crippen molar-refractivity contribution in [3.05, 3.63) is 30.6 Å². The number of pyridine rings is 1. The van der Waals surface area contributed by atoms with Crippen molar-refractivity contribution in [2.24, 2.45) is 0 Å². The summed E-state index contributed by atoms with van der Waals surface area (Å²) in [5, 5.41) is 28.2. The lowest BCUT2D eigenvalue weighted by Crippen LogP contribution is -2.45. The molecule has 1 aliphatic heterocycles. The first-order valence-electron chi connectivity index (χ1n) is 4.82. The summed E-state index contributed by atoms with van der Waals surface area (Å²) in [5.74, 6) is 0. The van der Waals surface area contributed by atoms with Crippen LogP contribution in [0.25, 0.3) is 0 Å². The zero-order valence-corrected chi connectivity index (χ0v) is 8.55. The van der Waals surface area contributed by atoms with Crippen LogP contribution in [-0.4, -0.2) is 45.7 Å². The molecule has 0 aromatic carbocycles. The Morgan fingerprint density at radius 2 is 1.69 bits per heavy atom. The van der Waals surface area contributed by atoms with Crippen molar-refractivity contribution >= 4 is 0 Å². The fourth-order valence-electron chi connectivity index (χ4n) is 1.71. The average Bonchev–Trinajstić information content (AvgIpc) is 2.57. The maximum atomic E-state index is 9.71. The molecule has 2 rings (SSSR count). The van der Waals surface area contributed by atoms with E-state index in [1.165, 1.54) is 0 Å². The molecule has 0 amide bonds. The highest BCUT2D eigenvalue weighted by atomic mass is 16.6. The van der Waals surface area contributed by atoms with E-state index in [1.807, 2.05) is 6.07 Å². The molecule has 2 heterocycles. The smallest absolute Gasteiger partial charge is 0.292 e. The molecule has 1 aromatic heterocycles. The van der Waals surface area contributed by atoms with Crippen LogP contribution in [0.15, 0.2) is 30.6 Å². The summed E-state index contributed by atoms with van der Waals surface area (Å²) in [5.41, 5.74) is 0. The van der Waals surface area contributed by atoms with Gasteiger partial charge in [0.2, 0.25) is 0 Å². The van der Waals surface area contributed by atoms with Crippen LogP contribution >= 0.6 is 0 Å². The van der Waals surface area contributed by atoms with Crippen molar-refractivity contribution < 1.29 is 30.1 Å². The second-order valence-electron chi connectivity index (χ2n) is 3.55. The van der Waals surface area contributed by atoms with Gasteiger partial charge in [0, 0.05) is 12.1 Å². The molecule has 16 heavy (non-hydrogen) atoms. The first kappa shape index (κ1) is 13.0. The van der Waals surface area contributed by atoms with Gasteiger partial charge in [0.25, 0.3) is 6.23 Å². The van der Waals surface area contributed by atoms with Crippen LogP contribution in [0.2, 0.25) is 0 Å². The van der Waals surface area contributed by atoms with Gasteiger partial charge in [0.05, 0.1) is 6.61 Å². The van der Waals surface area contributed by atoms with Crippen molar-refractivity contribution in [2.75, 3.05) is 6.61 Å². The third-order valence-corrected chi connectivity index (χ3v) is 2.55. The van der Waals surface area contributed by atoms with Gasteiger partial charge in [-0.2, -0.15) is 4.57 Å². The SMILES string of the molecule is OC[C@H]1O[C@@H]([n+]2ccccc2)[C@H](O)[C@@H]1O.[OH-]. The van der Waals surface area contributed by atoms with Crippen LogP contribution in [0.1, 0.15) is 6.23 Å². The largest absolute Gasteiger partial charge is 0.870 e. The third kappa shape index (κ3) is 2.21.